The number of aromatic nitrogens is 2. The van der Waals surface area contributed by atoms with Crippen LogP contribution in [0.2, 0.25) is 0 Å². The van der Waals surface area contributed by atoms with E-state index in [-0.39, 0.29) is 5.91 Å². The van der Waals surface area contributed by atoms with Crippen LogP contribution in [0.3, 0.4) is 0 Å². The molecule has 0 saturated heterocycles. The van der Waals surface area contributed by atoms with Gasteiger partial charge in [0, 0.05) is 31.3 Å². The molecule has 84 valence electrons. The normalized spacial score (nSPS) is 10.2. The minimum Gasteiger partial charge on any atom is -0.356 e. The summed E-state index contributed by atoms with van der Waals surface area (Å²) in [6.45, 7) is 1.55. The van der Waals surface area contributed by atoms with Gasteiger partial charge in [0.2, 0.25) is 5.91 Å². The summed E-state index contributed by atoms with van der Waals surface area (Å²) in [5.74, 6) is 0.116. The van der Waals surface area contributed by atoms with E-state index in [2.05, 4.69) is 20.6 Å². The van der Waals surface area contributed by atoms with Gasteiger partial charge in [0.25, 0.3) is 0 Å². The summed E-state index contributed by atoms with van der Waals surface area (Å²) in [6, 6.07) is 0. The number of aromatic amines is 1. The van der Waals surface area contributed by atoms with E-state index in [1.165, 1.54) is 0 Å². The van der Waals surface area contributed by atoms with Crippen molar-refractivity contribution in [1.82, 2.24) is 20.6 Å². The molecule has 1 heterocycles. The highest BCUT2D eigenvalue weighted by Crippen LogP contribution is 1.91. The molecule has 0 aromatic carbocycles. The third-order valence-corrected chi connectivity index (χ3v) is 2.10. The van der Waals surface area contributed by atoms with Crippen LogP contribution >= 0.6 is 0 Å². The summed E-state index contributed by atoms with van der Waals surface area (Å²) < 4.78 is 0. The maximum Gasteiger partial charge on any atom is 0.220 e. The lowest BCUT2D eigenvalue weighted by molar-refractivity contribution is -0.121. The molecule has 1 aromatic heterocycles. The highest BCUT2D eigenvalue weighted by Gasteiger charge is 2.00. The molecule has 15 heavy (non-hydrogen) atoms. The Balaban J connectivity index is 2.02. The molecule has 0 spiro atoms. The van der Waals surface area contributed by atoms with Crippen LogP contribution in [0.25, 0.3) is 0 Å². The average molecular weight is 210 g/mol. The zero-order valence-corrected chi connectivity index (χ0v) is 9.05. The molecular weight excluding hydrogens is 192 g/mol. The van der Waals surface area contributed by atoms with Gasteiger partial charge in [0.05, 0.1) is 6.33 Å². The van der Waals surface area contributed by atoms with Crippen LogP contribution in [0, 0.1) is 0 Å². The minimum absolute atomic E-state index is 0.116. The standard InChI is InChI=1S/C10H18N4O/c1-11-5-2-3-10(15)13-6-4-9-7-12-8-14-9/h7-8,11H,2-6H2,1H3,(H,12,14)(H,13,15). The Morgan fingerprint density at radius 2 is 2.40 bits per heavy atom. The summed E-state index contributed by atoms with van der Waals surface area (Å²) in [7, 11) is 1.89. The number of carbonyl (C=O) groups is 1. The van der Waals surface area contributed by atoms with Gasteiger partial charge < -0.3 is 15.6 Å². The molecule has 0 radical (unpaired) electrons. The van der Waals surface area contributed by atoms with Crippen molar-refractivity contribution in [3.63, 3.8) is 0 Å². The summed E-state index contributed by atoms with van der Waals surface area (Å²) in [6.07, 6.45) is 5.69. The molecule has 3 N–H and O–H groups in total. The van der Waals surface area contributed by atoms with Gasteiger partial charge in [0.1, 0.15) is 0 Å². The maximum atomic E-state index is 11.3. The monoisotopic (exact) mass is 210 g/mol. The molecule has 0 aliphatic rings. The molecule has 5 heteroatoms. The first-order valence-corrected chi connectivity index (χ1v) is 5.21. The third kappa shape index (κ3) is 5.17. The quantitative estimate of drug-likeness (QED) is 0.558. The lowest BCUT2D eigenvalue weighted by Crippen LogP contribution is -2.26. The predicted molar refractivity (Wildman–Crippen MR) is 58.5 cm³/mol. The van der Waals surface area contributed by atoms with Crippen LogP contribution in [0.1, 0.15) is 18.5 Å². The van der Waals surface area contributed by atoms with Crippen LogP contribution in [0.15, 0.2) is 12.5 Å². The minimum atomic E-state index is 0.116. The first kappa shape index (κ1) is 11.7. The Bertz CT molecular complexity index is 271. The zero-order valence-electron chi connectivity index (χ0n) is 9.05. The van der Waals surface area contributed by atoms with Gasteiger partial charge in [-0.1, -0.05) is 0 Å². The third-order valence-electron chi connectivity index (χ3n) is 2.10. The van der Waals surface area contributed by atoms with Crippen molar-refractivity contribution >= 4 is 5.91 Å². The molecule has 1 rings (SSSR count). The number of H-pyrrole nitrogens is 1. The topological polar surface area (TPSA) is 69.8 Å². The van der Waals surface area contributed by atoms with Crippen LogP contribution in [0.5, 0.6) is 0 Å². The number of nitrogens with zero attached hydrogens (tertiary/aromatic N) is 1. The number of amides is 1. The molecule has 1 amide bonds. The molecule has 0 atom stereocenters. The molecule has 0 aliphatic carbocycles. The summed E-state index contributed by atoms with van der Waals surface area (Å²) in [4.78, 5) is 18.2. The van der Waals surface area contributed by atoms with E-state index in [1.807, 2.05) is 7.05 Å². The van der Waals surface area contributed by atoms with E-state index in [0.29, 0.717) is 13.0 Å². The number of hydrogen-bond donors (Lipinski definition) is 3. The Morgan fingerprint density at radius 1 is 1.53 bits per heavy atom. The Labute approximate surface area is 89.7 Å². The Kier molecular flexibility index (Phi) is 5.47. The average Bonchev–Trinajstić information content (AvgIpc) is 2.71. The molecule has 0 unspecified atom stereocenters. The van der Waals surface area contributed by atoms with Crippen molar-refractivity contribution < 1.29 is 4.79 Å². The van der Waals surface area contributed by atoms with E-state index in [4.69, 9.17) is 0 Å². The van der Waals surface area contributed by atoms with Gasteiger partial charge in [-0.2, -0.15) is 0 Å². The summed E-state index contributed by atoms with van der Waals surface area (Å²) in [5.41, 5.74) is 1.05. The van der Waals surface area contributed by atoms with Crippen molar-refractivity contribution in [1.29, 1.82) is 0 Å². The number of carbonyl (C=O) groups excluding carboxylic acids is 1. The van der Waals surface area contributed by atoms with Crippen LogP contribution < -0.4 is 10.6 Å². The van der Waals surface area contributed by atoms with Crippen molar-refractivity contribution in [3.05, 3.63) is 18.2 Å². The lowest BCUT2D eigenvalue weighted by Gasteiger charge is -2.03. The fraction of sp³-hybridized carbons (Fsp3) is 0.600. The van der Waals surface area contributed by atoms with Crippen molar-refractivity contribution in [2.24, 2.45) is 0 Å². The second-order valence-electron chi connectivity index (χ2n) is 3.38. The van der Waals surface area contributed by atoms with E-state index in [0.717, 1.165) is 25.1 Å². The van der Waals surface area contributed by atoms with Crippen molar-refractivity contribution in [3.8, 4) is 0 Å². The Morgan fingerprint density at radius 3 is 3.07 bits per heavy atom. The van der Waals surface area contributed by atoms with E-state index in [1.54, 1.807) is 12.5 Å². The molecule has 0 bridgehead atoms. The molecule has 5 nitrogen and oxygen atoms in total. The molecule has 0 fully saturated rings. The molecule has 1 aromatic rings. The molecular formula is C10H18N4O. The van der Waals surface area contributed by atoms with Gasteiger partial charge in [-0.05, 0) is 20.0 Å². The first-order valence-electron chi connectivity index (χ1n) is 5.21. The van der Waals surface area contributed by atoms with Gasteiger partial charge in [-0.15, -0.1) is 0 Å². The number of imidazole rings is 1. The molecule has 0 aliphatic heterocycles. The van der Waals surface area contributed by atoms with Crippen molar-refractivity contribution in [2.45, 2.75) is 19.3 Å². The highest BCUT2D eigenvalue weighted by molar-refractivity contribution is 5.75. The fourth-order valence-corrected chi connectivity index (χ4v) is 1.27. The zero-order chi connectivity index (χ0) is 10.9. The van der Waals surface area contributed by atoms with E-state index < -0.39 is 0 Å². The van der Waals surface area contributed by atoms with Gasteiger partial charge in [-0.3, -0.25) is 4.79 Å². The summed E-state index contributed by atoms with van der Waals surface area (Å²) in [5, 5.41) is 5.87. The van der Waals surface area contributed by atoms with Gasteiger partial charge in [0.15, 0.2) is 0 Å². The van der Waals surface area contributed by atoms with Crippen molar-refractivity contribution in [2.75, 3.05) is 20.1 Å². The first-order chi connectivity index (χ1) is 7.33. The van der Waals surface area contributed by atoms with Crippen LogP contribution in [0.4, 0.5) is 0 Å². The van der Waals surface area contributed by atoms with E-state index >= 15 is 0 Å². The van der Waals surface area contributed by atoms with Crippen LogP contribution in [-0.4, -0.2) is 36.0 Å². The maximum absolute atomic E-state index is 11.3. The summed E-state index contributed by atoms with van der Waals surface area (Å²) >= 11 is 0. The highest BCUT2D eigenvalue weighted by atomic mass is 16.1. The number of rotatable bonds is 7. The molecule has 0 saturated carbocycles. The number of hydrogen-bond acceptors (Lipinski definition) is 3. The SMILES string of the molecule is CNCCCC(=O)NCCc1cnc[nH]1. The fourth-order valence-electron chi connectivity index (χ4n) is 1.27. The van der Waals surface area contributed by atoms with E-state index in [9.17, 15) is 4.79 Å². The largest absolute Gasteiger partial charge is 0.356 e. The Hall–Kier alpha value is -1.36. The number of nitrogens with one attached hydrogen (secondary N) is 3. The lowest BCUT2D eigenvalue weighted by atomic mass is 10.3. The smallest absolute Gasteiger partial charge is 0.220 e. The second-order valence-corrected chi connectivity index (χ2v) is 3.38. The van der Waals surface area contributed by atoms with Crippen LogP contribution in [-0.2, 0) is 11.2 Å². The van der Waals surface area contributed by atoms with Gasteiger partial charge >= 0.3 is 0 Å². The predicted octanol–water partition coefficient (Wildman–Crippen LogP) is 0.0680. The second kappa shape index (κ2) is 7.00. The van der Waals surface area contributed by atoms with Gasteiger partial charge in [-0.25, -0.2) is 4.98 Å².